The Bertz CT molecular complexity index is 1440. The minimum Gasteiger partial charge on any atom is -0.326 e. The summed E-state index contributed by atoms with van der Waals surface area (Å²) in [6.07, 6.45) is 5.10. The second kappa shape index (κ2) is 9.54. The Morgan fingerprint density at radius 3 is 2.69 bits per heavy atom. The predicted octanol–water partition coefficient (Wildman–Crippen LogP) is 5.10. The molecule has 4 aromatic rings. The first-order valence-corrected chi connectivity index (χ1v) is 12.6. The first-order valence-electron chi connectivity index (χ1n) is 11.7. The van der Waals surface area contributed by atoms with Crippen LogP contribution >= 0.6 is 11.8 Å². The zero-order chi connectivity index (χ0) is 24.5. The maximum atomic E-state index is 13.2. The molecule has 0 radical (unpaired) electrons. The third-order valence-corrected chi connectivity index (χ3v) is 7.31. The van der Waals surface area contributed by atoms with Crippen LogP contribution in [0.1, 0.15) is 46.2 Å². The number of hydrogen-bond acceptors (Lipinski definition) is 5. The summed E-state index contributed by atoms with van der Waals surface area (Å²) < 4.78 is 3.99. The zero-order valence-corrected chi connectivity index (χ0v) is 20.9. The Morgan fingerprint density at radius 2 is 1.86 bits per heavy atom. The number of nitrogens with zero attached hydrogens (tertiary/aromatic N) is 4. The largest absolute Gasteiger partial charge is 0.326 e. The van der Waals surface area contributed by atoms with Crippen molar-refractivity contribution in [2.75, 3.05) is 11.1 Å². The molecule has 178 valence electrons. The van der Waals surface area contributed by atoms with Crippen LogP contribution in [-0.4, -0.2) is 36.8 Å². The van der Waals surface area contributed by atoms with Crippen molar-refractivity contribution >= 4 is 29.1 Å². The second-order valence-corrected chi connectivity index (χ2v) is 9.80. The number of benzene rings is 2. The molecule has 5 rings (SSSR count). The average molecular weight is 486 g/mol. The zero-order valence-electron chi connectivity index (χ0n) is 20.0. The fourth-order valence-electron chi connectivity index (χ4n) is 4.78. The number of aryl methyl sites for hydroxylation is 3. The van der Waals surface area contributed by atoms with Gasteiger partial charge in [0.05, 0.1) is 11.4 Å². The van der Waals surface area contributed by atoms with Crippen LogP contribution < -0.4 is 5.32 Å². The molecule has 0 aliphatic heterocycles. The number of carbonyl (C=O) groups excluding carboxylic acids is 2. The van der Waals surface area contributed by atoms with E-state index in [9.17, 15) is 9.59 Å². The molecule has 0 saturated carbocycles. The Labute approximate surface area is 208 Å². The Morgan fingerprint density at radius 1 is 1.03 bits per heavy atom. The fourth-order valence-corrected chi connectivity index (χ4v) is 5.60. The smallest absolute Gasteiger partial charge is 0.221 e. The van der Waals surface area contributed by atoms with Crippen LogP contribution in [0, 0.1) is 13.8 Å². The highest BCUT2D eigenvalue weighted by atomic mass is 32.2. The van der Waals surface area contributed by atoms with Gasteiger partial charge in [0.25, 0.3) is 0 Å². The van der Waals surface area contributed by atoms with E-state index < -0.39 is 0 Å². The van der Waals surface area contributed by atoms with E-state index in [4.69, 9.17) is 0 Å². The summed E-state index contributed by atoms with van der Waals surface area (Å²) in [7, 11) is 0. The van der Waals surface area contributed by atoms with E-state index in [-0.39, 0.29) is 17.4 Å². The SMILES string of the molecule is CC(=O)Nc1cccc(-n2cnnc2SCC(=O)c2cc(C)n(-c3ccc4c(c3)CCC4)c2C)c1. The number of thioether (sulfide) groups is 1. The molecule has 1 aliphatic carbocycles. The maximum Gasteiger partial charge on any atom is 0.221 e. The quantitative estimate of drug-likeness (QED) is 0.291. The highest BCUT2D eigenvalue weighted by Crippen LogP contribution is 2.29. The first kappa shape index (κ1) is 23.1. The molecule has 1 N–H and O–H groups in total. The van der Waals surface area contributed by atoms with Gasteiger partial charge < -0.3 is 9.88 Å². The standard InChI is InChI=1S/C27H27N5O2S/c1-17-12-25(18(2)32(17)24-11-10-20-6-4-7-21(20)13-24)26(34)15-35-27-30-28-16-31(27)23-9-5-8-22(14-23)29-19(3)33/h5,8-14,16H,4,6-7,15H2,1-3H3,(H,29,33). The van der Waals surface area contributed by atoms with Gasteiger partial charge in [0, 0.05) is 35.2 Å². The third-order valence-electron chi connectivity index (χ3n) is 6.37. The normalized spacial score (nSPS) is 12.5. The predicted molar refractivity (Wildman–Crippen MR) is 138 cm³/mol. The molecular formula is C27H27N5O2S. The molecule has 2 aromatic heterocycles. The monoisotopic (exact) mass is 485 g/mol. The highest BCUT2D eigenvalue weighted by molar-refractivity contribution is 7.99. The number of fused-ring (bicyclic) bond motifs is 1. The van der Waals surface area contributed by atoms with Gasteiger partial charge in [0.1, 0.15) is 6.33 Å². The molecule has 0 atom stereocenters. The Balaban J connectivity index is 1.34. The molecule has 7 nitrogen and oxygen atoms in total. The van der Waals surface area contributed by atoms with E-state index >= 15 is 0 Å². The summed E-state index contributed by atoms with van der Waals surface area (Å²) >= 11 is 1.35. The van der Waals surface area contributed by atoms with E-state index in [2.05, 4.69) is 38.3 Å². The van der Waals surface area contributed by atoms with Crippen molar-refractivity contribution in [2.45, 2.75) is 45.2 Å². The Hall–Kier alpha value is -3.65. The molecule has 0 saturated heterocycles. The molecule has 35 heavy (non-hydrogen) atoms. The van der Waals surface area contributed by atoms with Gasteiger partial charge in [-0.05, 0) is 80.6 Å². The summed E-state index contributed by atoms with van der Waals surface area (Å²) in [6.45, 7) is 5.52. The van der Waals surface area contributed by atoms with E-state index in [0.29, 0.717) is 10.8 Å². The van der Waals surface area contributed by atoms with Crippen molar-refractivity contribution in [2.24, 2.45) is 0 Å². The molecule has 0 unspecified atom stereocenters. The molecule has 1 amide bonds. The second-order valence-electron chi connectivity index (χ2n) is 8.85. The number of hydrogen-bond donors (Lipinski definition) is 1. The molecule has 0 spiro atoms. The summed E-state index contributed by atoms with van der Waals surface area (Å²) in [4.78, 5) is 24.6. The fraction of sp³-hybridized carbons (Fsp3) is 0.259. The van der Waals surface area contributed by atoms with Gasteiger partial charge in [0.15, 0.2) is 10.9 Å². The van der Waals surface area contributed by atoms with E-state index in [0.717, 1.165) is 41.2 Å². The van der Waals surface area contributed by atoms with Gasteiger partial charge in [-0.3, -0.25) is 14.2 Å². The molecule has 1 aliphatic rings. The Kier molecular flexibility index (Phi) is 6.30. The van der Waals surface area contributed by atoms with Gasteiger partial charge in [-0.1, -0.05) is 23.9 Å². The molecule has 2 aromatic carbocycles. The molecule has 8 heteroatoms. The number of nitrogens with one attached hydrogen (secondary N) is 1. The first-order chi connectivity index (χ1) is 16.9. The third kappa shape index (κ3) is 4.66. The van der Waals surface area contributed by atoms with Crippen LogP contribution in [0.2, 0.25) is 0 Å². The van der Waals surface area contributed by atoms with Crippen LogP contribution in [0.3, 0.4) is 0 Å². The topological polar surface area (TPSA) is 81.8 Å². The number of Topliss-reactive ketones (excluding diaryl/α,β-unsaturated/α-hetero) is 1. The van der Waals surface area contributed by atoms with Crippen molar-refractivity contribution in [1.82, 2.24) is 19.3 Å². The van der Waals surface area contributed by atoms with Gasteiger partial charge in [-0.15, -0.1) is 10.2 Å². The summed E-state index contributed by atoms with van der Waals surface area (Å²) in [6, 6.07) is 16.1. The number of anilines is 1. The highest BCUT2D eigenvalue weighted by Gasteiger charge is 2.20. The van der Waals surface area contributed by atoms with Gasteiger partial charge in [-0.25, -0.2) is 0 Å². The number of ketones is 1. The summed E-state index contributed by atoms with van der Waals surface area (Å²) in [5, 5.41) is 11.6. The average Bonchev–Trinajstić information content (AvgIpc) is 3.55. The van der Waals surface area contributed by atoms with Gasteiger partial charge in [0.2, 0.25) is 5.91 Å². The lowest BCUT2D eigenvalue weighted by atomic mass is 10.1. The van der Waals surface area contributed by atoms with Crippen molar-refractivity contribution in [3.63, 3.8) is 0 Å². The number of amides is 1. The maximum absolute atomic E-state index is 13.2. The lowest BCUT2D eigenvalue weighted by Crippen LogP contribution is -2.07. The van der Waals surface area contributed by atoms with Crippen LogP contribution in [0.5, 0.6) is 0 Å². The van der Waals surface area contributed by atoms with Crippen LogP contribution in [0.15, 0.2) is 60.0 Å². The van der Waals surface area contributed by atoms with Gasteiger partial charge in [-0.2, -0.15) is 0 Å². The summed E-state index contributed by atoms with van der Waals surface area (Å²) in [5.74, 6) is 0.166. The number of aromatic nitrogens is 4. The molecule has 0 bridgehead atoms. The minimum absolute atomic E-state index is 0.0528. The van der Waals surface area contributed by atoms with Crippen molar-refractivity contribution < 1.29 is 9.59 Å². The summed E-state index contributed by atoms with van der Waals surface area (Å²) in [5.41, 5.74) is 8.21. The van der Waals surface area contributed by atoms with Crippen LogP contribution in [0.25, 0.3) is 11.4 Å². The van der Waals surface area contributed by atoms with E-state index in [1.165, 1.54) is 36.2 Å². The minimum atomic E-state index is -0.136. The van der Waals surface area contributed by atoms with E-state index in [1.807, 2.05) is 48.7 Å². The molecule has 0 fully saturated rings. The lowest BCUT2D eigenvalue weighted by molar-refractivity contribution is -0.114. The van der Waals surface area contributed by atoms with Crippen molar-refractivity contribution in [1.29, 1.82) is 0 Å². The van der Waals surface area contributed by atoms with E-state index in [1.54, 1.807) is 6.33 Å². The van der Waals surface area contributed by atoms with Crippen molar-refractivity contribution in [3.8, 4) is 11.4 Å². The van der Waals surface area contributed by atoms with Gasteiger partial charge >= 0.3 is 0 Å². The van der Waals surface area contributed by atoms with Crippen LogP contribution in [0.4, 0.5) is 5.69 Å². The number of rotatable bonds is 7. The van der Waals surface area contributed by atoms with Crippen molar-refractivity contribution in [3.05, 3.63) is 82.9 Å². The van der Waals surface area contributed by atoms with Crippen LogP contribution in [-0.2, 0) is 17.6 Å². The molecule has 2 heterocycles. The lowest BCUT2D eigenvalue weighted by Gasteiger charge is -2.12. The number of carbonyl (C=O) groups is 2. The molecular weight excluding hydrogens is 458 g/mol.